The lowest BCUT2D eigenvalue weighted by Crippen LogP contribution is -2.29. The molecule has 0 aliphatic heterocycles. The Morgan fingerprint density at radius 2 is 2.22 bits per heavy atom. The van der Waals surface area contributed by atoms with Crippen molar-refractivity contribution in [3.05, 3.63) is 42.5 Å². The molecule has 0 bridgehead atoms. The highest BCUT2D eigenvalue weighted by Gasteiger charge is 2.06. The minimum absolute atomic E-state index is 0.318. The molecule has 1 heterocycles. The maximum Gasteiger partial charge on any atom is 0.138 e. The van der Waals surface area contributed by atoms with Crippen molar-refractivity contribution in [1.82, 2.24) is 20.1 Å². The molecule has 1 N–H and O–H groups in total. The largest absolute Gasteiger partial charge is 0.383 e. The maximum atomic E-state index is 5.10. The molecule has 2 rings (SSSR count). The second-order valence-electron chi connectivity index (χ2n) is 4.21. The van der Waals surface area contributed by atoms with Crippen LogP contribution in [0.2, 0.25) is 0 Å². The molecule has 1 aromatic heterocycles. The standard InChI is InChI=1S/C13H18N4O/c1-11(8-18-2)15-7-12-5-3-4-6-13(12)17-10-14-9-16-17/h3-6,9-11,15H,7-8H2,1-2H3/t11-/m0/s1. The Morgan fingerprint density at radius 1 is 1.39 bits per heavy atom. The zero-order valence-electron chi connectivity index (χ0n) is 10.7. The van der Waals surface area contributed by atoms with Crippen LogP contribution in [0.25, 0.3) is 5.69 Å². The van der Waals surface area contributed by atoms with Gasteiger partial charge in [0.05, 0.1) is 12.3 Å². The summed E-state index contributed by atoms with van der Waals surface area (Å²) in [5.41, 5.74) is 2.23. The average Bonchev–Trinajstić information content (AvgIpc) is 2.91. The fourth-order valence-electron chi connectivity index (χ4n) is 1.81. The van der Waals surface area contributed by atoms with Gasteiger partial charge in [-0.3, -0.25) is 0 Å². The number of hydrogen-bond acceptors (Lipinski definition) is 4. The van der Waals surface area contributed by atoms with Gasteiger partial charge in [-0.25, -0.2) is 9.67 Å². The first-order valence-electron chi connectivity index (χ1n) is 5.96. The highest BCUT2D eigenvalue weighted by atomic mass is 16.5. The van der Waals surface area contributed by atoms with E-state index in [1.54, 1.807) is 18.1 Å². The van der Waals surface area contributed by atoms with E-state index in [1.165, 1.54) is 11.9 Å². The Hall–Kier alpha value is -1.72. The molecule has 0 saturated heterocycles. The first kappa shape index (κ1) is 12.7. The van der Waals surface area contributed by atoms with Crippen LogP contribution in [0.1, 0.15) is 12.5 Å². The number of benzene rings is 1. The van der Waals surface area contributed by atoms with Crippen LogP contribution >= 0.6 is 0 Å². The predicted octanol–water partition coefficient (Wildman–Crippen LogP) is 1.39. The molecule has 5 heteroatoms. The molecule has 0 amide bonds. The van der Waals surface area contributed by atoms with Crippen molar-refractivity contribution < 1.29 is 4.74 Å². The highest BCUT2D eigenvalue weighted by molar-refractivity contribution is 5.39. The molecular formula is C13H18N4O. The Kier molecular flexibility index (Phi) is 4.44. The van der Waals surface area contributed by atoms with Crippen LogP contribution in [0.15, 0.2) is 36.9 Å². The predicted molar refractivity (Wildman–Crippen MR) is 69.5 cm³/mol. The van der Waals surface area contributed by atoms with E-state index in [0.29, 0.717) is 12.6 Å². The van der Waals surface area contributed by atoms with Crippen molar-refractivity contribution in [2.24, 2.45) is 0 Å². The van der Waals surface area contributed by atoms with Gasteiger partial charge in [0.1, 0.15) is 12.7 Å². The van der Waals surface area contributed by atoms with Crippen LogP contribution < -0.4 is 5.32 Å². The molecule has 5 nitrogen and oxygen atoms in total. The van der Waals surface area contributed by atoms with Gasteiger partial charge >= 0.3 is 0 Å². The summed E-state index contributed by atoms with van der Waals surface area (Å²) in [5.74, 6) is 0. The smallest absolute Gasteiger partial charge is 0.138 e. The molecule has 0 radical (unpaired) electrons. The number of nitrogens with one attached hydrogen (secondary N) is 1. The third kappa shape index (κ3) is 3.15. The number of para-hydroxylation sites is 1. The Bertz CT molecular complexity index is 470. The zero-order valence-corrected chi connectivity index (χ0v) is 10.7. The Balaban J connectivity index is 2.09. The van der Waals surface area contributed by atoms with E-state index >= 15 is 0 Å². The van der Waals surface area contributed by atoms with E-state index in [1.807, 2.05) is 18.2 Å². The second kappa shape index (κ2) is 6.28. The first-order valence-corrected chi connectivity index (χ1v) is 5.96. The first-order chi connectivity index (χ1) is 8.81. The monoisotopic (exact) mass is 246 g/mol. The van der Waals surface area contributed by atoms with Crippen molar-refractivity contribution in [2.45, 2.75) is 19.5 Å². The van der Waals surface area contributed by atoms with E-state index in [4.69, 9.17) is 4.74 Å². The molecule has 0 spiro atoms. The molecular weight excluding hydrogens is 228 g/mol. The van der Waals surface area contributed by atoms with E-state index in [-0.39, 0.29) is 0 Å². The minimum atomic E-state index is 0.318. The molecule has 0 fully saturated rings. The Morgan fingerprint density at radius 3 is 2.94 bits per heavy atom. The number of hydrogen-bond donors (Lipinski definition) is 1. The normalized spacial score (nSPS) is 12.6. The molecule has 0 unspecified atom stereocenters. The molecule has 0 saturated carbocycles. The van der Waals surface area contributed by atoms with Crippen molar-refractivity contribution in [1.29, 1.82) is 0 Å². The van der Waals surface area contributed by atoms with Gasteiger partial charge in [-0.15, -0.1) is 0 Å². The van der Waals surface area contributed by atoms with Crippen LogP contribution in [0.3, 0.4) is 0 Å². The summed E-state index contributed by atoms with van der Waals surface area (Å²) in [6.07, 6.45) is 3.25. The van der Waals surface area contributed by atoms with Gasteiger partial charge in [0, 0.05) is 19.7 Å². The summed E-state index contributed by atoms with van der Waals surface area (Å²) in [6, 6.07) is 8.46. The third-order valence-corrected chi connectivity index (χ3v) is 2.71. The number of ether oxygens (including phenoxy) is 1. The summed E-state index contributed by atoms with van der Waals surface area (Å²) in [4.78, 5) is 3.98. The molecule has 96 valence electrons. The van der Waals surface area contributed by atoms with Crippen LogP contribution in [0.4, 0.5) is 0 Å². The lowest BCUT2D eigenvalue weighted by Gasteiger charge is -2.14. The van der Waals surface area contributed by atoms with Crippen molar-refractivity contribution in [3.63, 3.8) is 0 Å². The quantitative estimate of drug-likeness (QED) is 0.837. The molecule has 0 aliphatic rings. The Labute approximate surface area is 107 Å². The maximum absolute atomic E-state index is 5.10. The lowest BCUT2D eigenvalue weighted by atomic mass is 10.1. The van der Waals surface area contributed by atoms with Crippen molar-refractivity contribution in [3.8, 4) is 5.69 Å². The van der Waals surface area contributed by atoms with Crippen LogP contribution in [-0.4, -0.2) is 34.5 Å². The van der Waals surface area contributed by atoms with Gasteiger partial charge in [-0.05, 0) is 18.6 Å². The molecule has 1 aromatic carbocycles. The summed E-state index contributed by atoms with van der Waals surface area (Å²) >= 11 is 0. The molecule has 0 aliphatic carbocycles. The number of rotatable bonds is 6. The molecule has 2 aromatic rings. The van der Waals surface area contributed by atoms with Crippen LogP contribution in [-0.2, 0) is 11.3 Å². The number of nitrogens with zero attached hydrogens (tertiary/aromatic N) is 3. The highest BCUT2D eigenvalue weighted by Crippen LogP contribution is 2.12. The van der Waals surface area contributed by atoms with Gasteiger partial charge in [0.25, 0.3) is 0 Å². The van der Waals surface area contributed by atoms with E-state index in [2.05, 4.69) is 28.4 Å². The van der Waals surface area contributed by atoms with Crippen molar-refractivity contribution in [2.75, 3.05) is 13.7 Å². The molecule has 1 atom stereocenters. The molecule has 18 heavy (non-hydrogen) atoms. The minimum Gasteiger partial charge on any atom is -0.383 e. The zero-order chi connectivity index (χ0) is 12.8. The third-order valence-electron chi connectivity index (χ3n) is 2.71. The van der Waals surface area contributed by atoms with E-state index < -0.39 is 0 Å². The summed E-state index contributed by atoms with van der Waals surface area (Å²) in [7, 11) is 1.71. The van der Waals surface area contributed by atoms with Crippen molar-refractivity contribution >= 4 is 0 Å². The van der Waals surface area contributed by atoms with E-state index in [0.717, 1.165) is 12.2 Å². The summed E-state index contributed by atoms with van der Waals surface area (Å²) in [5, 5.41) is 7.58. The van der Waals surface area contributed by atoms with Gasteiger partial charge in [0.2, 0.25) is 0 Å². The lowest BCUT2D eigenvalue weighted by molar-refractivity contribution is 0.171. The number of aromatic nitrogens is 3. The summed E-state index contributed by atoms with van der Waals surface area (Å²) in [6.45, 7) is 3.58. The second-order valence-corrected chi connectivity index (χ2v) is 4.21. The fraction of sp³-hybridized carbons (Fsp3) is 0.385. The van der Waals surface area contributed by atoms with E-state index in [9.17, 15) is 0 Å². The number of methoxy groups -OCH3 is 1. The topological polar surface area (TPSA) is 52.0 Å². The van der Waals surface area contributed by atoms with Crippen LogP contribution in [0.5, 0.6) is 0 Å². The summed E-state index contributed by atoms with van der Waals surface area (Å²) < 4.78 is 6.88. The van der Waals surface area contributed by atoms with Gasteiger partial charge in [-0.2, -0.15) is 5.10 Å². The van der Waals surface area contributed by atoms with Gasteiger partial charge in [-0.1, -0.05) is 18.2 Å². The SMILES string of the molecule is COC[C@H](C)NCc1ccccc1-n1cncn1. The average molecular weight is 246 g/mol. The van der Waals surface area contributed by atoms with Gasteiger partial charge in [0.15, 0.2) is 0 Å². The fourth-order valence-corrected chi connectivity index (χ4v) is 1.81. The van der Waals surface area contributed by atoms with Gasteiger partial charge < -0.3 is 10.1 Å². The van der Waals surface area contributed by atoms with Crippen LogP contribution in [0, 0.1) is 0 Å².